The first-order valence-electron chi connectivity index (χ1n) is 8.50. The van der Waals surface area contributed by atoms with E-state index < -0.39 is 0 Å². The van der Waals surface area contributed by atoms with Crippen LogP contribution in [0.2, 0.25) is 0 Å². The summed E-state index contributed by atoms with van der Waals surface area (Å²) in [6.07, 6.45) is 0. The first-order valence-corrected chi connectivity index (χ1v) is 10.1. The average Bonchev–Trinajstić information content (AvgIpc) is 3.12. The third-order valence-corrected chi connectivity index (χ3v) is 5.62. The van der Waals surface area contributed by atoms with E-state index in [9.17, 15) is 9.59 Å². The molecule has 0 atom stereocenters. The van der Waals surface area contributed by atoms with E-state index in [0.29, 0.717) is 16.2 Å². The summed E-state index contributed by atoms with van der Waals surface area (Å²) in [5.74, 6) is -0.223. The molecule has 2 aromatic heterocycles. The minimum atomic E-state index is -0.271. The lowest BCUT2D eigenvalue weighted by molar-refractivity contribution is 0.0950. The van der Waals surface area contributed by atoms with E-state index in [1.165, 1.54) is 21.9 Å². The van der Waals surface area contributed by atoms with Gasteiger partial charge in [0.2, 0.25) is 4.96 Å². The highest BCUT2D eigenvalue weighted by molar-refractivity contribution is 9.10. The normalized spacial score (nSPS) is 10.9. The number of rotatable bonds is 4. The number of aryl methyl sites for hydroxylation is 1. The van der Waals surface area contributed by atoms with Gasteiger partial charge in [0.1, 0.15) is 5.01 Å². The molecule has 28 heavy (non-hydrogen) atoms. The molecule has 140 valence electrons. The summed E-state index contributed by atoms with van der Waals surface area (Å²) in [4.78, 5) is 29.6. The van der Waals surface area contributed by atoms with Crippen LogP contribution in [-0.2, 0) is 6.54 Å². The molecule has 4 rings (SSSR count). The van der Waals surface area contributed by atoms with Gasteiger partial charge in [-0.05, 0) is 31.2 Å². The predicted molar refractivity (Wildman–Crippen MR) is 113 cm³/mol. The number of hydrogen-bond acceptors (Lipinski definition) is 5. The first kappa shape index (κ1) is 18.5. The van der Waals surface area contributed by atoms with Crippen LogP contribution in [-0.4, -0.2) is 20.5 Å². The van der Waals surface area contributed by atoms with E-state index in [0.717, 1.165) is 20.6 Å². The van der Waals surface area contributed by atoms with Crippen LogP contribution in [0.5, 0.6) is 0 Å². The van der Waals surface area contributed by atoms with E-state index in [4.69, 9.17) is 0 Å². The SMILES string of the molecule is Cc1ccc(-c2nn3c(=O)cc(CNC(=O)c4ccc(Br)cc4)nc3s2)cc1. The van der Waals surface area contributed by atoms with Crippen molar-refractivity contribution in [2.75, 3.05) is 0 Å². The minimum Gasteiger partial charge on any atom is -0.346 e. The molecule has 0 radical (unpaired) electrons. The third-order valence-electron chi connectivity index (χ3n) is 4.13. The van der Waals surface area contributed by atoms with Crippen LogP contribution in [0.3, 0.4) is 0 Å². The molecule has 0 saturated carbocycles. The summed E-state index contributed by atoms with van der Waals surface area (Å²) in [6, 6.07) is 16.4. The Kier molecular flexibility index (Phi) is 5.06. The molecule has 8 heteroatoms. The minimum absolute atomic E-state index is 0.165. The molecule has 0 fully saturated rings. The zero-order valence-electron chi connectivity index (χ0n) is 14.8. The Bertz CT molecular complexity index is 1210. The van der Waals surface area contributed by atoms with Gasteiger partial charge in [0.25, 0.3) is 11.5 Å². The summed E-state index contributed by atoms with van der Waals surface area (Å²) >= 11 is 4.68. The molecule has 1 amide bonds. The van der Waals surface area contributed by atoms with Gasteiger partial charge in [0, 0.05) is 21.7 Å². The second-order valence-corrected chi connectivity index (χ2v) is 8.11. The van der Waals surface area contributed by atoms with Gasteiger partial charge < -0.3 is 5.32 Å². The maximum absolute atomic E-state index is 12.4. The molecular weight excluding hydrogens is 440 g/mol. The molecular formula is C20H15BrN4O2S. The predicted octanol–water partition coefficient (Wildman–Crippen LogP) is 3.82. The molecule has 6 nitrogen and oxygen atoms in total. The Balaban J connectivity index is 1.56. The van der Waals surface area contributed by atoms with Crippen molar-refractivity contribution < 1.29 is 4.79 Å². The van der Waals surface area contributed by atoms with Crippen molar-refractivity contribution in [1.29, 1.82) is 0 Å². The molecule has 4 aromatic rings. The van der Waals surface area contributed by atoms with Crippen LogP contribution < -0.4 is 10.9 Å². The number of amides is 1. The fourth-order valence-corrected chi connectivity index (χ4v) is 3.83. The average molecular weight is 455 g/mol. The van der Waals surface area contributed by atoms with E-state index in [1.807, 2.05) is 31.2 Å². The number of benzene rings is 2. The number of halogens is 1. The highest BCUT2D eigenvalue weighted by Gasteiger charge is 2.12. The Morgan fingerprint density at radius 2 is 1.86 bits per heavy atom. The van der Waals surface area contributed by atoms with Crippen LogP contribution in [0.4, 0.5) is 0 Å². The van der Waals surface area contributed by atoms with Crippen molar-refractivity contribution in [3.05, 3.63) is 86.2 Å². The van der Waals surface area contributed by atoms with Gasteiger partial charge >= 0.3 is 0 Å². The standard InChI is InChI=1S/C20H15BrN4O2S/c1-12-2-4-14(5-3-12)19-24-25-17(26)10-16(23-20(25)28-19)11-22-18(27)13-6-8-15(21)9-7-13/h2-10H,11H2,1H3,(H,22,27). The molecule has 2 aromatic carbocycles. The fourth-order valence-electron chi connectivity index (χ4n) is 2.63. The van der Waals surface area contributed by atoms with Gasteiger partial charge in [-0.15, -0.1) is 0 Å². The van der Waals surface area contributed by atoms with Crippen molar-refractivity contribution >= 4 is 38.1 Å². The summed E-state index contributed by atoms with van der Waals surface area (Å²) < 4.78 is 2.19. The zero-order valence-corrected chi connectivity index (χ0v) is 17.3. The Morgan fingerprint density at radius 1 is 1.14 bits per heavy atom. The molecule has 0 unspecified atom stereocenters. The van der Waals surface area contributed by atoms with Gasteiger partial charge in [-0.1, -0.05) is 57.1 Å². The number of nitrogens with one attached hydrogen (secondary N) is 1. The number of nitrogens with zero attached hydrogens (tertiary/aromatic N) is 3. The van der Waals surface area contributed by atoms with Crippen molar-refractivity contribution in [3.63, 3.8) is 0 Å². The maximum Gasteiger partial charge on any atom is 0.275 e. The van der Waals surface area contributed by atoms with Gasteiger partial charge in [0.15, 0.2) is 0 Å². The lowest BCUT2D eigenvalue weighted by atomic mass is 10.2. The van der Waals surface area contributed by atoms with E-state index >= 15 is 0 Å². The smallest absolute Gasteiger partial charge is 0.275 e. The van der Waals surface area contributed by atoms with Gasteiger partial charge in [-0.2, -0.15) is 9.61 Å². The Hall–Kier alpha value is -2.84. The van der Waals surface area contributed by atoms with Crippen LogP contribution in [0.1, 0.15) is 21.6 Å². The maximum atomic E-state index is 12.4. The first-order chi connectivity index (χ1) is 13.5. The van der Waals surface area contributed by atoms with Gasteiger partial charge in [-0.25, -0.2) is 4.98 Å². The number of fused-ring (bicyclic) bond motifs is 1. The number of aromatic nitrogens is 3. The van der Waals surface area contributed by atoms with Gasteiger partial charge in [0.05, 0.1) is 12.2 Å². The fraction of sp³-hybridized carbons (Fsp3) is 0.100. The summed E-state index contributed by atoms with van der Waals surface area (Å²) in [7, 11) is 0. The topological polar surface area (TPSA) is 76.4 Å². The zero-order chi connectivity index (χ0) is 19.7. The van der Waals surface area contributed by atoms with E-state index in [1.54, 1.807) is 24.3 Å². The van der Waals surface area contributed by atoms with Crippen LogP contribution in [0.25, 0.3) is 15.5 Å². The highest BCUT2D eigenvalue weighted by atomic mass is 79.9. The highest BCUT2D eigenvalue weighted by Crippen LogP contribution is 2.24. The van der Waals surface area contributed by atoms with Crippen LogP contribution in [0, 0.1) is 6.92 Å². The molecule has 0 saturated heterocycles. The number of carbonyl (C=O) groups is 1. The largest absolute Gasteiger partial charge is 0.346 e. The Morgan fingerprint density at radius 3 is 2.57 bits per heavy atom. The molecule has 0 aliphatic carbocycles. The number of hydrogen-bond donors (Lipinski definition) is 1. The third kappa shape index (κ3) is 3.88. The quantitative estimate of drug-likeness (QED) is 0.508. The lowest BCUT2D eigenvalue weighted by Gasteiger charge is -2.05. The molecule has 0 bridgehead atoms. The monoisotopic (exact) mass is 454 g/mol. The Labute approximate surface area is 173 Å². The van der Waals surface area contributed by atoms with E-state index in [2.05, 4.69) is 31.3 Å². The van der Waals surface area contributed by atoms with Crippen LogP contribution >= 0.6 is 27.3 Å². The van der Waals surface area contributed by atoms with Gasteiger partial charge in [-0.3, -0.25) is 9.59 Å². The molecule has 0 aliphatic heterocycles. The molecule has 1 N–H and O–H groups in total. The number of carbonyl (C=O) groups excluding carboxylic acids is 1. The van der Waals surface area contributed by atoms with Crippen molar-refractivity contribution in [2.45, 2.75) is 13.5 Å². The second kappa shape index (κ2) is 7.65. The second-order valence-electron chi connectivity index (χ2n) is 6.24. The van der Waals surface area contributed by atoms with Crippen molar-refractivity contribution in [3.8, 4) is 10.6 Å². The summed E-state index contributed by atoms with van der Waals surface area (Å²) in [5, 5.41) is 7.89. The summed E-state index contributed by atoms with van der Waals surface area (Å²) in [5.41, 5.74) is 2.86. The summed E-state index contributed by atoms with van der Waals surface area (Å²) in [6.45, 7) is 2.18. The lowest BCUT2D eigenvalue weighted by Crippen LogP contribution is -2.25. The van der Waals surface area contributed by atoms with Crippen molar-refractivity contribution in [1.82, 2.24) is 19.9 Å². The van der Waals surface area contributed by atoms with Crippen molar-refractivity contribution in [2.24, 2.45) is 0 Å². The van der Waals surface area contributed by atoms with E-state index in [-0.39, 0.29) is 18.0 Å². The van der Waals surface area contributed by atoms with Crippen LogP contribution in [0.15, 0.2) is 63.9 Å². The molecule has 0 aliphatic rings. The molecule has 0 spiro atoms. The molecule has 2 heterocycles.